The lowest BCUT2D eigenvalue weighted by molar-refractivity contribution is 0.0299. The van der Waals surface area contributed by atoms with E-state index < -0.39 is 25.6 Å². The molecule has 44 heavy (non-hydrogen) atoms. The summed E-state index contributed by atoms with van der Waals surface area (Å²) in [5, 5.41) is 3.79. The number of pyridine rings is 1. The molecule has 0 spiro atoms. The molecule has 2 amide bonds. The minimum Gasteiger partial charge on any atom is -0.444 e. The van der Waals surface area contributed by atoms with E-state index in [0.29, 0.717) is 34.8 Å². The summed E-state index contributed by atoms with van der Waals surface area (Å²) in [6.45, 7) is 15.2. The molecular formula is C33H44FN5O4Si. The number of nitrogens with one attached hydrogen (secondary N) is 2. The van der Waals surface area contributed by atoms with Crippen LogP contribution in [0.15, 0.2) is 48.8 Å². The van der Waals surface area contributed by atoms with Gasteiger partial charge in [0, 0.05) is 63.7 Å². The van der Waals surface area contributed by atoms with Crippen molar-refractivity contribution in [2.24, 2.45) is 0 Å². The number of hydrogen-bond donors (Lipinski definition) is 2. The van der Waals surface area contributed by atoms with E-state index in [0.717, 1.165) is 22.6 Å². The fourth-order valence-electron chi connectivity index (χ4n) is 4.76. The summed E-state index contributed by atoms with van der Waals surface area (Å²) in [4.78, 5) is 35.2. The minimum atomic E-state index is -1.36. The number of fused-ring (bicyclic) bond motifs is 1. The van der Waals surface area contributed by atoms with Crippen LogP contribution in [0.1, 0.15) is 36.7 Å². The van der Waals surface area contributed by atoms with Crippen molar-refractivity contribution < 1.29 is 23.5 Å². The Hall–Kier alpha value is -3.96. The highest BCUT2D eigenvalue weighted by Crippen LogP contribution is 2.37. The number of ether oxygens (including phenoxy) is 2. The Bertz CT molecular complexity index is 1630. The number of H-pyrrole nitrogens is 1. The van der Waals surface area contributed by atoms with Gasteiger partial charge in [-0.15, -0.1) is 0 Å². The quantitative estimate of drug-likeness (QED) is 0.138. The van der Waals surface area contributed by atoms with Gasteiger partial charge in [-0.3, -0.25) is 4.79 Å². The molecular weight excluding hydrogens is 577 g/mol. The van der Waals surface area contributed by atoms with E-state index in [-0.39, 0.29) is 25.7 Å². The molecule has 0 saturated carbocycles. The summed E-state index contributed by atoms with van der Waals surface area (Å²) in [6, 6.07) is 11.6. The van der Waals surface area contributed by atoms with Crippen LogP contribution in [0.3, 0.4) is 0 Å². The number of aromatic nitrogens is 3. The molecule has 4 aromatic rings. The van der Waals surface area contributed by atoms with E-state index in [9.17, 15) is 9.59 Å². The van der Waals surface area contributed by atoms with Crippen LogP contribution >= 0.6 is 0 Å². The third kappa shape index (κ3) is 8.15. The van der Waals surface area contributed by atoms with Gasteiger partial charge < -0.3 is 29.2 Å². The van der Waals surface area contributed by atoms with Gasteiger partial charge in [-0.2, -0.15) is 0 Å². The summed E-state index contributed by atoms with van der Waals surface area (Å²) in [5.74, 6) is -0.822. The van der Waals surface area contributed by atoms with Crippen molar-refractivity contribution in [1.82, 2.24) is 24.8 Å². The van der Waals surface area contributed by atoms with E-state index >= 15 is 4.39 Å². The normalized spacial score (nSPS) is 12.0. The van der Waals surface area contributed by atoms with Crippen LogP contribution in [0.4, 0.5) is 9.18 Å². The number of carbonyl (C=O) groups excluding carboxylic acids is 2. The van der Waals surface area contributed by atoms with Gasteiger partial charge in [0.05, 0.1) is 17.0 Å². The van der Waals surface area contributed by atoms with E-state index in [1.54, 1.807) is 46.1 Å². The number of nitrogens with zero attached hydrogens (tertiary/aromatic N) is 3. The van der Waals surface area contributed by atoms with Crippen LogP contribution in [0.25, 0.3) is 33.5 Å². The lowest BCUT2D eigenvalue weighted by Gasteiger charge is -2.24. The third-order valence-corrected chi connectivity index (χ3v) is 8.82. The number of rotatable bonds is 11. The van der Waals surface area contributed by atoms with Crippen molar-refractivity contribution in [2.45, 2.75) is 65.7 Å². The van der Waals surface area contributed by atoms with Crippen LogP contribution in [0.5, 0.6) is 0 Å². The number of carbonyl (C=O) groups is 2. The van der Waals surface area contributed by atoms with Gasteiger partial charge in [0.1, 0.15) is 23.8 Å². The first-order valence-electron chi connectivity index (χ1n) is 14.9. The van der Waals surface area contributed by atoms with E-state index in [4.69, 9.17) is 9.47 Å². The molecule has 3 aromatic heterocycles. The van der Waals surface area contributed by atoms with Crippen molar-refractivity contribution in [3.63, 3.8) is 0 Å². The Morgan fingerprint density at radius 1 is 1.11 bits per heavy atom. The fourth-order valence-corrected chi connectivity index (χ4v) is 5.52. The molecule has 3 heterocycles. The molecule has 2 N–H and O–H groups in total. The number of hydrogen-bond acceptors (Lipinski definition) is 5. The second-order valence-corrected chi connectivity index (χ2v) is 18.9. The highest BCUT2D eigenvalue weighted by molar-refractivity contribution is 6.76. The predicted octanol–water partition coefficient (Wildman–Crippen LogP) is 7.05. The Balaban J connectivity index is 1.75. The molecule has 0 aliphatic rings. The number of halogens is 1. The van der Waals surface area contributed by atoms with E-state index in [1.165, 1.54) is 11.0 Å². The van der Waals surface area contributed by atoms with Gasteiger partial charge in [-0.1, -0.05) is 25.7 Å². The van der Waals surface area contributed by atoms with Crippen LogP contribution in [0.2, 0.25) is 25.7 Å². The minimum absolute atomic E-state index is 0.130. The van der Waals surface area contributed by atoms with Gasteiger partial charge in [0.2, 0.25) is 0 Å². The number of likely N-dealkylation sites (N-methyl/N-ethyl adjacent to an activating group) is 1. The molecule has 0 radical (unpaired) electrons. The molecule has 0 bridgehead atoms. The molecule has 1 aromatic carbocycles. The van der Waals surface area contributed by atoms with Crippen LogP contribution in [-0.2, 0) is 16.2 Å². The summed E-state index contributed by atoms with van der Waals surface area (Å²) in [6.07, 6.45) is 3.04. The summed E-state index contributed by atoms with van der Waals surface area (Å²) in [5.41, 5.74) is 3.41. The van der Waals surface area contributed by atoms with E-state index in [2.05, 4.69) is 34.9 Å². The van der Waals surface area contributed by atoms with Gasteiger partial charge in [0.15, 0.2) is 0 Å². The second-order valence-electron chi connectivity index (χ2n) is 13.3. The molecule has 0 saturated heterocycles. The highest BCUT2D eigenvalue weighted by Gasteiger charge is 2.26. The monoisotopic (exact) mass is 621 g/mol. The zero-order chi connectivity index (χ0) is 32.2. The zero-order valence-corrected chi connectivity index (χ0v) is 28.0. The Morgan fingerprint density at radius 3 is 2.55 bits per heavy atom. The molecule has 0 fully saturated rings. The third-order valence-electron chi connectivity index (χ3n) is 7.11. The zero-order valence-electron chi connectivity index (χ0n) is 27.0. The van der Waals surface area contributed by atoms with Crippen molar-refractivity contribution in [3.05, 3.63) is 65.7 Å². The van der Waals surface area contributed by atoms with Gasteiger partial charge in [0.25, 0.3) is 5.91 Å². The van der Waals surface area contributed by atoms with Crippen LogP contribution < -0.4 is 5.32 Å². The number of aromatic amines is 1. The molecule has 0 unspecified atom stereocenters. The fraction of sp³-hybridized carbons (Fsp3) is 0.424. The summed E-state index contributed by atoms with van der Waals surface area (Å²) >= 11 is 0. The molecule has 0 aliphatic heterocycles. The van der Waals surface area contributed by atoms with Gasteiger partial charge in [-0.05, 0) is 69.6 Å². The van der Waals surface area contributed by atoms with Crippen molar-refractivity contribution >= 4 is 31.1 Å². The second kappa shape index (κ2) is 13.4. The van der Waals surface area contributed by atoms with Crippen molar-refractivity contribution in [1.29, 1.82) is 0 Å². The first-order chi connectivity index (χ1) is 20.6. The van der Waals surface area contributed by atoms with Crippen LogP contribution in [-0.4, -0.2) is 71.9 Å². The van der Waals surface area contributed by atoms with E-state index in [1.807, 2.05) is 35.9 Å². The van der Waals surface area contributed by atoms with Crippen molar-refractivity contribution in [2.75, 3.05) is 26.7 Å². The molecule has 9 nitrogen and oxygen atoms in total. The first kappa shape index (κ1) is 32.9. The lowest BCUT2D eigenvalue weighted by Crippen LogP contribution is -2.39. The van der Waals surface area contributed by atoms with Crippen molar-refractivity contribution in [3.8, 4) is 22.5 Å². The Morgan fingerprint density at radius 2 is 1.86 bits per heavy atom. The smallest absolute Gasteiger partial charge is 0.410 e. The molecule has 11 heteroatoms. The largest absolute Gasteiger partial charge is 0.444 e. The van der Waals surface area contributed by atoms with Gasteiger partial charge in [-0.25, -0.2) is 14.2 Å². The number of amides is 2. The average Bonchev–Trinajstić information content (AvgIpc) is 3.54. The Kier molecular flexibility index (Phi) is 10.00. The number of aryl methyl sites for hydroxylation is 1. The molecule has 236 valence electrons. The first-order valence-corrected chi connectivity index (χ1v) is 18.6. The standard InChI is InChI=1S/C33H44FN5O4Si/c1-22-9-10-25(27(34)19-22)29-26(31(40)37-15-16-38(5)32(41)43-33(2,3)4)20-28(39(29)21-42-17-18-44(6,7)8)23-11-13-35-30-24(23)12-14-36-30/h9-14,19-20H,15-18,21H2,1-8H3,(H,35,36)(H,37,40). The lowest BCUT2D eigenvalue weighted by atomic mass is 10.0. The SMILES string of the molecule is Cc1ccc(-c2c(C(=O)NCCN(C)C(=O)OC(C)(C)C)cc(-c3ccnc4[nH]ccc34)n2COCC[Si](C)(C)C)c(F)c1. The predicted molar refractivity (Wildman–Crippen MR) is 175 cm³/mol. The maximum atomic E-state index is 15.6. The molecule has 0 aliphatic carbocycles. The van der Waals surface area contributed by atoms with Crippen LogP contribution in [0, 0.1) is 12.7 Å². The molecule has 4 rings (SSSR count). The van der Waals surface area contributed by atoms with Gasteiger partial charge >= 0.3 is 6.09 Å². The maximum Gasteiger partial charge on any atom is 0.410 e. The summed E-state index contributed by atoms with van der Waals surface area (Å²) < 4.78 is 29.2. The highest BCUT2D eigenvalue weighted by atomic mass is 28.3. The average molecular weight is 622 g/mol. The topological polar surface area (TPSA) is 101 Å². The Labute approximate surface area is 259 Å². The molecule has 0 atom stereocenters. The maximum absolute atomic E-state index is 15.6. The number of benzene rings is 1. The summed E-state index contributed by atoms with van der Waals surface area (Å²) in [7, 11) is 0.257.